The maximum atomic E-state index is 12.6. The van der Waals surface area contributed by atoms with Crippen LogP contribution in [0.1, 0.15) is 27.1 Å². The highest BCUT2D eigenvalue weighted by atomic mass is 16.5. The summed E-state index contributed by atoms with van der Waals surface area (Å²) in [5.41, 5.74) is 6.74. The van der Waals surface area contributed by atoms with Gasteiger partial charge in [0.25, 0.3) is 5.91 Å². The second-order valence-corrected chi connectivity index (χ2v) is 6.68. The molecule has 1 heterocycles. The molecule has 0 fully saturated rings. The summed E-state index contributed by atoms with van der Waals surface area (Å²) >= 11 is 0. The highest BCUT2D eigenvalue weighted by Gasteiger charge is 2.13. The van der Waals surface area contributed by atoms with Crippen molar-refractivity contribution >= 4 is 17.5 Å². The quantitative estimate of drug-likeness (QED) is 0.670. The second-order valence-electron chi connectivity index (χ2n) is 6.68. The molecule has 0 saturated heterocycles. The average Bonchev–Trinajstić information content (AvgIpc) is 2.99. The van der Waals surface area contributed by atoms with Gasteiger partial charge in [-0.1, -0.05) is 0 Å². The fraction of sp³-hybridized carbons (Fsp3) is 0.130. The molecule has 3 N–H and O–H groups in total. The standard InChI is InChI=1S/C23H20N2O5/c24-22(26)15-2-7-18(8-3-15)30-19-9-4-16(5-10-19)23(27)25-17-6-11-20-21(14-17)29-13-1-12-28-20/h2-11,14H,1,12-13H2,(H2,24,26)(H,25,27). The van der Waals surface area contributed by atoms with Crippen molar-refractivity contribution in [2.45, 2.75) is 6.42 Å². The van der Waals surface area contributed by atoms with Crippen molar-refractivity contribution in [3.8, 4) is 23.0 Å². The monoisotopic (exact) mass is 404 g/mol. The zero-order valence-corrected chi connectivity index (χ0v) is 16.1. The smallest absolute Gasteiger partial charge is 0.255 e. The van der Waals surface area contributed by atoms with Gasteiger partial charge in [-0.3, -0.25) is 9.59 Å². The van der Waals surface area contributed by atoms with Crippen LogP contribution in [-0.2, 0) is 0 Å². The average molecular weight is 404 g/mol. The summed E-state index contributed by atoms with van der Waals surface area (Å²) < 4.78 is 17.0. The van der Waals surface area contributed by atoms with E-state index in [0.717, 1.165) is 6.42 Å². The Labute approximate surface area is 173 Å². The van der Waals surface area contributed by atoms with Gasteiger partial charge in [0.2, 0.25) is 5.91 Å². The van der Waals surface area contributed by atoms with Crippen LogP contribution >= 0.6 is 0 Å². The van der Waals surface area contributed by atoms with Crippen LogP contribution in [0.5, 0.6) is 23.0 Å². The van der Waals surface area contributed by atoms with E-state index in [-0.39, 0.29) is 5.91 Å². The number of benzene rings is 3. The van der Waals surface area contributed by atoms with Crippen LogP contribution in [0.4, 0.5) is 5.69 Å². The minimum absolute atomic E-state index is 0.248. The van der Waals surface area contributed by atoms with Crippen LogP contribution in [0.2, 0.25) is 0 Å². The molecule has 0 bridgehead atoms. The van der Waals surface area contributed by atoms with E-state index in [1.165, 1.54) is 0 Å². The minimum Gasteiger partial charge on any atom is -0.490 e. The molecule has 0 atom stereocenters. The number of primary amides is 1. The molecule has 0 aliphatic carbocycles. The fourth-order valence-electron chi connectivity index (χ4n) is 2.94. The first-order valence-corrected chi connectivity index (χ1v) is 9.47. The van der Waals surface area contributed by atoms with Gasteiger partial charge in [0.15, 0.2) is 11.5 Å². The molecule has 2 amide bonds. The van der Waals surface area contributed by atoms with Crippen molar-refractivity contribution in [1.82, 2.24) is 0 Å². The number of nitrogens with one attached hydrogen (secondary N) is 1. The number of rotatable bonds is 5. The molecule has 152 valence electrons. The van der Waals surface area contributed by atoms with Gasteiger partial charge < -0.3 is 25.3 Å². The Hall–Kier alpha value is -4.00. The predicted octanol–water partition coefficient (Wildman–Crippen LogP) is 3.99. The lowest BCUT2D eigenvalue weighted by Gasteiger charge is -2.11. The van der Waals surface area contributed by atoms with Crippen molar-refractivity contribution in [3.63, 3.8) is 0 Å². The molecule has 30 heavy (non-hydrogen) atoms. The van der Waals surface area contributed by atoms with Crippen LogP contribution in [0.15, 0.2) is 66.7 Å². The van der Waals surface area contributed by atoms with Crippen molar-refractivity contribution < 1.29 is 23.8 Å². The van der Waals surface area contributed by atoms with Crippen LogP contribution in [0.25, 0.3) is 0 Å². The highest BCUT2D eigenvalue weighted by Crippen LogP contribution is 2.32. The molecule has 1 aliphatic rings. The molecule has 0 unspecified atom stereocenters. The zero-order chi connectivity index (χ0) is 20.9. The highest BCUT2D eigenvalue weighted by molar-refractivity contribution is 6.04. The molecule has 1 aliphatic heterocycles. The molecule has 0 spiro atoms. The molecule has 7 heteroatoms. The Morgan fingerprint density at radius 3 is 2.03 bits per heavy atom. The van der Waals surface area contributed by atoms with Gasteiger partial charge in [0.1, 0.15) is 11.5 Å². The van der Waals surface area contributed by atoms with Crippen molar-refractivity contribution in [2.24, 2.45) is 5.73 Å². The van der Waals surface area contributed by atoms with Gasteiger partial charge in [-0.2, -0.15) is 0 Å². The van der Waals surface area contributed by atoms with Crippen LogP contribution in [-0.4, -0.2) is 25.0 Å². The third-order valence-electron chi connectivity index (χ3n) is 4.50. The van der Waals surface area contributed by atoms with E-state index in [1.54, 1.807) is 66.7 Å². The normalized spacial score (nSPS) is 12.5. The summed E-state index contributed by atoms with van der Waals surface area (Å²) in [5.74, 6) is 1.68. The largest absolute Gasteiger partial charge is 0.490 e. The molecule has 0 aromatic heterocycles. The number of ether oxygens (including phenoxy) is 3. The van der Waals surface area contributed by atoms with E-state index >= 15 is 0 Å². The number of nitrogens with two attached hydrogens (primary N) is 1. The summed E-state index contributed by atoms with van der Waals surface area (Å²) in [6, 6.07) is 18.6. The molecule has 3 aromatic rings. The van der Waals surface area contributed by atoms with E-state index in [2.05, 4.69) is 5.32 Å². The molecule has 4 rings (SSSR count). The van der Waals surface area contributed by atoms with Crippen molar-refractivity contribution in [1.29, 1.82) is 0 Å². The lowest BCUT2D eigenvalue weighted by Crippen LogP contribution is -2.11. The number of carbonyl (C=O) groups excluding carboxylic acids is 2. The summed E-state index contributed by atoms with van der Waals surface area (Å²) in [5, 5.41) is 2.86. The lowest BCUT2D eigenvalue weighted by atomic mass is 10.2. The van der Waals surface area contributed by atoms with Crippen LogP contribution < -0.4 is 25.3 Å². The lowest BCUT2D eigenvalue weighted by molar-refractivity contribution is 0.0997. The first-order chi connectivity index (χ1) is 14.6. The van der Waals surface area contributed by atoms with Gasteiger partial charge in [-0.15, -0.1) is 0 Å². The Bertz CT molecular complexity index is 1060. The Balaban J connectivity index is 1.40. The topological polar surface area (TPSA) is 99.9 Å². The molecule has 7 nitrogen and oxygen atoms in total. The first-order valence-electron chi connectivity index (χ1n) is 9.47. The predicted molar refractivity (Wildman–Crippen MR) is 111 cm³/mol. The third-order valence-corrected chi connectivity index (χ3v) is 4.50. The van der Waals surface area contributed by atoms with Gasteiger partial charge in [-0.25, -0.2) is 0 Å². The first kappa shape index (κ1) is 19.3. The van der Waals surface area contributed by atoms with E-state index in [4.69, 9.17) is 19.9 Å². The van der Waals surface area contributed by atoms with Gasteiger partial charge in [0.05, 0.1) is 13.2 Å². The summed E-state index contributed by atoms with van der Waals surface area (Å²) in [6.45, 7) is 1.19. The summed E-state index contributed by atoms with van der Waals surface area (Å²) in [6.07, 6.45) is 0.820. The Morgan fingerprint density at radius 2 is 1.40 bits per heavy atom. The van der Waals surface area contributed by atoms with Gasteiger partial charge in [0, 0.05) is 29.3 Å². The molecule has 0 saturated carbocycles. The van der Waals surface area contributed by atoms with Crippen LogP contribution in [0, 0.1) is 0 Å². The van der Waals surface area contributed by atoms with E-state index in [0.29, 0.717) is 53.0 Å². The van der Waals surface area contributed by atoms with Gasteiger partial charge >= 0.3 is 0 Å². The maximum Gasteiger partial charge on any atom is 0.255 e. The van der Waals surface area contributed by atoms with Crippen LogP contribution in [0.3, 0.4) is 0 Å². The fourth-order valence-corrected chi connectivity index (χ4v) is 2.94. The number of hydrogen-bond acceptors (Lipinski definition) is 5. The number of amides is 2. The third kappa shape index (κ3) is 4.52. The van der Waals surface area contributed by atoms with Gasteiger partial charge in [-0.05, 0) is 60.7 Å². The van der Waals surface area contributed by atoms with E-state index < -0.39 is 5.91 Å². The van der Waals surface area contributed by atoms with Crippen molar-refractivity contribution in [3.05, 3.63) is 77.9 Å². The molecule has 0 radical (unpaired) electrons. The van der Waals surface area contributed by atoms with E-state index in [1.807, 2.05) is 0 Å². The molecular weight excluding hydrogens is 384 g/mol. The zero-order valence-electron chi connectivity index (χ0n) is 16.1. The summed E-state index contributed by atoms with van der Waals surface area (Å²) in [4.78, 5) is 23.7. The summed E-state index contributed by atoms with van der Waals surface area (Å²) in [7, 11) is 0. The van der Waals surface area contributed by atoms with Crippen molar-refractivity contribution in [2.75, 3.05) is 18.5 Å². The number of carbonyl (C=O) groups is 2. The SMILES string of the molecule is NC(=O)c1ccc(Oc2ccc(C(=O)Nc3ccc4c(c3)OCCCO4)cc2)cc1. The second kappa shape index (κ2) is 8.57. The number of anilines is 1. The maximum absolute atomic E-state index is 12.6. The number of fused-ring (bicyclic) bond motifs is 1. The molecular formula is C23H20N2O5. The molecule has 3 aromatic carbocycles. The van der Waals surface area contributed by atoms with E-state index in [9.17, 15) is 9.59 Å². The Kier molecular flexibility index (Phi) is 5.52. The number of hydrogen-bond donors (Lipinski definition) is 2. The Morgan fingerprint density at radius 1 is 0.800 bits per heavy atom. The minimum atomic E-state index is -0.495.